The maximum atomic E-state index is 11.6. The highest BCUT2D eigenvalue weighted by molar-refractivity contribution is 14.1. The molecule has 2 heterocycles. The molecule has 0 aliphatic rings. The topological polar surface area (TPSA) is 44.1 Å². The van der Waals surface area contributed by atoms with Crippen LogP contribution in [-0.2, 0) is 7.05 Å². The highest BCUT2D eigenvalue weighted by Gasteiger charge is 2.02. The first-order chi connectivity index (χ1) is 7.72. The molecule has 86 valence electrons. The zero-order valence-corrected chi connectivity index (χ0v) is 11.6. The number of rotatable bonds is 1. The van der Waals surface area contributed by atoms with Crippen LogP contribution in [0.2, 0.25) is 0 Å². The van der Waals surface area contributed by atoms with Crippen LogP contribution in [0, 0.1) is 0 Å². The van der Waals surface area contributed by atoms with E-state index in [0.717, 1.165) is 5.39 Å². The molecule has 0 unspecified atom stereocenters. The van der Waals surface area contributed by atoms with Crippen LogP contribution in [0.15, 0.2) is 29.3 Å². The van der Waals surface area contributed by atoms with Crippen LogP contribution in [0.1, 0.15) is 0 Å². The van der Waals surface area contributed by atoms with Crippen molar-refractivity contribution in [2.24, 2.45) is 7.05 Å². The molecule has 5 heteroatoms. The van der Waals surface area contributed by atoms with Crippen LogP contribution in [0.4, 0.5) is 0 Å². The molecule has 0 aliphatic heterocycles. The molecule has 2 rings (SSSR count). The predicted octanol–water partition coefficient (Wildman–Crippen LogP) is 1.99. The molecule has 16 heavy (non-hydrogen) atoms. The first kappa shape index (κ1) is 13.0. The van der Waals surface area contributed by atoms with Gasteiger partial charge in [-0.05, 0) is 17.1 Å². The van der Waals surface area contributed by atoms with Gasteiger partial charge in [0.2, 0.25) is 0 Å². The van der Waals surface area contributed by atoms with Crippen molar-refractivity contribution >= 4 is 33.5 Å². The fourth-order valence-corrected chi connectivity index (χ4v) is 1.31. The van der Waals surface area contributed by atoms with Crippen LogP contribution in [0.5, 0.6) is 5.75 Å². The molecule has 0 saturated carbocycles. The number of halogens is 1. The quantitative estimate of drug-likeness (QED) is 0.593. The number of pyridine rings is 2. The number of hydrogen-bond acceptors (Lipinski definition) is 3. The Hall–Kier alpha value is -1.11. The molecule has 0 aromatic carbocycles. The van der Waals surface area contributed by atoms with Gasteiger partial charge in [0.15, 0.2) is 0 Å². The van der Waals surface area contributed by atoms with Crippen LogP contribution in [0.25, 0.3) is 10.9 Å². The van der Waals surface area contributed by atoms with E-state index in [0.29, 0.717) is 11.3 Å². The van der Waals surface area contributed by atoms with Crippen LogP contribution < -0.4 is 10.3 Å². The van der Waals surface area contributed by atoms with Crippen molar-refractivity contribution < 1.29 is 4.74 Å². The molecule has 0 radical (unpaired) electrons. The third-order valence-corrected chi connectivity index (χ3v) is 2.13. The van der Waals surface area contributed by atoms with E-state index in [2.05, 4.69) is 27.6 Å². The number of fused-ring (bicyclic) bond motifs is 1. The van der Waals surface area contributed by atoms with E-state index in [-0.39, 0.29) is 5.56 Å². The summed E-state index contributed by atoms with van der Waals surface area (Å²) in [4.78, 5) is 17.6. The smallest absolute Gasteiger partial charge is 0.276 e. The molecule has 0 atom stereocenters. The second kappa shape index (κ2) is 5.83. The summed E-state index contributed by atoms with van der Waals surface area (Å²) in [6, 6.07) is 3.63. The highest BCUT2D eigenvalue weighted by atomic mass is 127. The number of aryl methyl sites for hydroxylation is 1. The van der Waals surface area contributed by atoms with Crippen LogP contribution in [0.3, 0.4) is 0 Å². The lowest BCUT2D eigenvalue weighted by molar-refractivity contribution is 0.413. The summed E-state index contributed by atoms with van der Waals surface area (Å²) in [5.41, 5.74) is 0.376. The molecule has 0 amide bonds. The third-order valence-electron chi connectivity index (χ3n) is 2.13. The van der Waals surface area contributed by atoms with E-state index in [9.17, 15) is 4.79 Å². The van der Waals surface area contributed by atoms with Gasteiger partial charge in [-0.25, -0.2) is 4.98 Å². The standard InChI is InChI=1S/C10H10N2O2.CH3I/c1-12-4-3-7-5-8(14-2)6-11-9(7)10(12)13;1-2/h3-6H,1-2H3;1H3. The van der Waals surface area contributed by atoms with Crippen molar-refractivity contribution in [1.29, 1.82) is 0 Å². The number of aromatic nitrogens is 2. The Bertz CT molecular complexity index is 537. The Morgan fingerprint density at radius 1 is 1.44 bits per heavy atom. The van der Waals surface area contributed by atoms with Gasteiger partial charge in [-0.3, -0.25) is 4.79 Å². The van der Waals surface area contributed by atoms with E-state index < -0.39 is 0 Å². The van der Waals surface area contributed by atoms with Gasteiger partial charge >= 0.3 is 0 Å². The van der Waals surface area contributed by atoms with E-state index in [1.165, 1.54) is 4.57 Å². The Balaban J connectivity index is 0.000000606. The van der Waals surface area contributed by atoms with Gasteiger partial charge in [0.1, 0.15) is 11.3 Å². The van der Waals surface area contributed by atoms with E-state index in [1.807, 2.05) is 11.0 Å². The van der Waals surface area contributed by atoms with Gasteiger partial charge in [0, 0.05) is 18.6 Å². The molecular weight excluding hydrogens is 319 g/mol. The number of ether oxygens (including phenoxy) is 1. The summed E-state index contributed by atoms with van der Waals surface area (Å²) >= 11 is 2.15. The predicted molar refractivity (Wildman–Crippen MR) is 73.5 cm³/mol. The van der Waals surface area contributed by atoms with Gasteiger partial charge in [-0.2, -0.15) is 0 Å². The van der Waals surface area contributed by atoms with E-state index in [1.54, 1.807) is 32.6 Å². The normalized spacial score (nSPS) is 9.50. The maximum Gasteiger partial charge on any atom is 0.276 e. The molecule has 0 spiro atoms. The molecule has 0 fully saturated rings. The molecular formula is C11H13IN2O2. The van der Waals surface area contributed by atoms with Gasteiger partial charge in [-0.15, -0.1) is 0 Å². The summed E-state index contributed by atoms with van der Waals surface area (Å²) < 4.78 is 6.52. The zero-order chi connectivity index (χ0) is 12.1. The highest BCUT2D eigenvalue weighted by Crippen LogP contribution is 2.14. The van der Waals surface area contributed by atoms with Gasteiger partial charge in [0.25, 0.3) is 5.56 Å². The lowest BCUT2D eigenvalue weighted by atomic mass is 10.2. The number of nitrogens with zero attached hydrogens (tertiary/aromatic N) is 2. The Morgan fingerprint density at radius 2 is 2.12 bits per heavy atom. The van der Waals surface area contributed by atoms with Gasteiger partial charge < -0.3 is 9.30 Å². The molecule has 4 nitrogen and oxygen atoms in total. The van der Waals surface area contributed by atoms with Crippen molar-refractivity contribution in [3.8, 4) is 5.75 Å². The Labute approximate surface area is 107 Å². The van der Waals surface area contributed by atoms with Crippen molar-refractivity contribution in [2.45, 2.75) is 0 Å². The number of hydrogen-bond donors (Lipinski definition) is 0. The largest absolute Gasteiger partial charge is 0.495 e. The molecule has 0 aliphatic carbocycles. The van der Waals surface area contributed by atoms with Crippen LogP contribution in [-0.4, -0.2) is 21.6 Å². The zero-order valence-electron chi connectivity index (χ0n) is 9.40. The minimum atomic E-state index is -0.0925. The fourth-order valence-electron chi connectivity index (χ4n) is 1.31. The summed E-state index contributed by atoms with van der Waals surface area (Å²) in [7, 11) is 3.28. The maximum absolute atomic E-state index is 11.6. The average Bonchev–Trinajstić information content (AvgIpc) is 2.36. The fraction of sp³-hybridized carbons (Fsp3) is 0.273. The lowest BCUT2D eigenvalue weighted by Crippen LogP contribution is -2.16. The van der Waals surface area contributed by atoms with Crippen LogP contribution >= 0.6 is 22.6 Å². The first-order valence-corrected chi connectivity index (χ1v) is 6.75. The number of alkyl halides is 1. The second-order valence-corrected chi connectivity index (χ2v) is 3.04. The van der Waals surface area contributed by atoms with E-state index >= 15 is 0 Å². The summed E-state index contributed by atoms with van der Waals surface area (Å²) in [5, 5.41) is 0.799. The number of methoxy groups -OCH3 is 1. The molecule has 0 saturated heterocycles. The van der Waals surface area contributed by atoms with Gasteiger partial charge in [-0.1, -0.05) is 22.6 Å². The SMILES string of the molecule is CI.COc1cnc2c(=O)n(C)ccc2c1. The third kappa shape index (κ3) is 2.52. The summed E-state index contributed by atoms with van der Waals surface area (Å²) in [6.45, 7) is 0. The monoisotopic (exact) mass is 332 g/mol. The molecule has 0 N–H and O–H groups in total. The minimum Gasteiger partial charge on any atom is -0.495 e. The Morgan fingerprint density at radius 3 is 2.75 bits per heavy atom. The molecule has 0 bridgehead atoms. The summed E-state index contributed by atoms with van der Waals surface area (Å²) in [6.07, 6.45) is 3.26. The van der Waals surface area contributed by atoms with Crippen molar-refractivity contribution in [1.82, 2.24) is 9.55 Å². The second-order valence-electron chi connectivity index (χ2n) is 3.04. The van der Waals surface area contributed by atoms with Crippen molar-refractivity contribution in [3.05, 3.63) is 34.9 Å². The Kier molecular flexibility index (Phi) is 4.72. The first-order valence-electron chi connectivity index (χ1n) is 4.59. The average molecular weight is 332 g/mol. The van der Waals surface area contributed by atoms with Crippen molar-refractivity contribution in [3.63, 3.8) is 0 Å². The lowest BCUT2D eigenvalue weighted by Gasteiger charge is -2.02. The van der Waals surface area contributed by atoms with Crippen molar-refractivity contribution in [2.75, 3.05) is 12.0 Å². The molecule has 2 aromatic rings. The molecule has 2 aromatic heterocycles. The summed E-state index contributed by atoms with van der Waals surface area (Å²) in [5.74, 6) is 0.658. The van der Waals surface area contributed by atoms with E-state index in [4.69, 9.17) is 4.74 Å². The van der Waals surface area contributed by atoms with Gasteiger partial charge in [0.05, 0.1) is 13.3 Å². The minimum absolute atomic E-state index is 0.0925.